The standard InChI is InChI=1S/C12H9BrN4O3S/c13-7-1-3-9(10(5-7)17(18)19)11-4-2-8(20-11)6-15-16-12(14)21/h1-6H,(H3,14,16,21). The van der Waals surface area contributed by atoms with Crippen molar-refractivity contribution in [2.75, 3.05) is 0 Å². The fourth-order valence-corrected chi connectivity index (χ4v) is 1.99. The minimum Gasteiger partial charge on any atom is -0.455 e. The van der Waals surface area contributed by atoms with Crippen molar-refractivity contribution in [3.8, 4) is 11.3 Å². The van der Waals surface area contributed by atoms with E-state index in [1.807, 2.05) is 0 Å². The molecule has 2 aromatic rings. The van der Waals surface area contributed by atoms with Crippen molar-refractivity contribution in [3.05, 3.63) is 50.7 Å². The highest BCUT2D eigenvalue weighted by Gasteiger charge is 2.18. The van der Waals surface area contributed by atoms with Crippen LogP contribution in [0.2, 0.25) is 0 Å². The van der Waals surface area contributed by atoms with Crippen LogP contribution in [0.4, 0.5) is 5.69 Å². The normalized spacial score (nSPS) is 10.7. The van der Waals surface area contributed by atoms with Crippen molar-refractivity contribution in [2.24, 2.45) is 10.8 Å². The van der Waals surface area contributed by atoms with Crippen molar-refractivity contribution in [2.45, 2.75) is 0 Å². The number of nitrogens with two attached hydrogens (primary N) is 1. The molecule has 0 radical (unpaired) electrons. The summed E-state index contributed by atoms with van der Waals surface area (Å²) in [5, 5.41) is 14.9. The minimum atomic E-state index is -0.467. The maximum absolute atomic E-state index is 11.1. The summed E-state index contributed by atoms with van der Waals surface area (Å²) in [4.78, 5) is 10.6. The molecule has 0 bridgehead atoms. The number of benzene rings is 1. The maximum Gasteiger partial charge on any atom is 0.281 e. The zero-order valence-corrected chi connectivity index (χ0v) is 12.8. The first-order valence-corrected chi connectivity index (χ1v) is 6.80. The van der Waals surface area contributed by atoms with Crippen LogP contribution in [-0.4, -0.2) is 16.3 Å². The molecular weight excluding hydrogens is 360 g/mol. The van der Waals surface area contributed by atoms with Crippen molar-refractivity contribution in [1.82, 2.24) is 5.43 Å². The second-order valence-corrected chi connectivity index (χ2v) is 5.21. The third-order valence-corrected chi connectivity index (χ3v) is 3.00. The van der Waals surface area contributed by atoms with E-state index in [1.54, 1.807) is 24.3 Å². The van der Waals surface area contributed by atoms with E-state index in [1.165, 1.54) is 12.3 Å². The zero-order chi connectivity index (χ0) is 15.4. The number of nitro groups is 1. The van der Waals surface area contributed by atoms with Crippen molar-refractivity contribution < 1.29 is 9.34 Å². The first-order chi connectivity index (χ1) is 9.97. The number of hydrazone groups is 1. The van der Waals surface area contributed by atoms with Gasteiger partial charge in [-0.15, -0.1) is 0 Å². The largest absolute Gasteiger partial charge is 0.455 e. The summed E-state index contributed by atoms with van der Waals surface area (Å²) >= 11 is 7.80. The Bertz CT molecular complexity index is 729. The first-order valence-electron chi connectivity index (χ1n) is 5.60. The van der Waals surface area contributed by atoms with Gasteiger partial charge in [-0.1, -0.05) is 15.9 Å². The molecule has 2 rings (SSSR count). The van der Waals surface area contributed by atoms with E-state index in [-0.39, 0.29) is 10.8 Å². The summed E-state index contributed by atoms with van der Waals surface area (Å²) in [5.41, 5.74) is 7.93. The lowest BCUT2D eigenvalue weighted by Crippen LogP contribution is -2.23. The Morgan fingerprint density at radius 1 is 1.48 bits per heavy atom. The van der Waals surface area contributed by atoms with Crippen LogP contribution in [0.1, 0.15) is 5.76 Å². The number of rotatable bonds is 4. The molecule has 3 N–H and O–H groups in total. The van der Waals surface area contributed by atoms with E-state index in [4.69, 9.17) is 10.2 Å². The molecule has 0 fully saturated rings. The SMILES string of the molecule is NC(=S)NN=Cc1ccc(-c2ccc(Br)cc2[N+](=O)[O-])o1. The van der Waals surface area contributed by atoms with E-state index in [0.29, 0.717) is 21.6 Å². The number of furan rings is 1. The summed E-state index contributed by atoms with van der Waals surface area (Å²) in [7, 11) is 0. The molecule has 7 nitrogen and oxygen atoms in total. The predicted octanol–water partition coefficient (Wildman–Crippen LogP) is 2.78. The molecule has 0 unspecified atom stereocenters. The first kappa shape index (κ1) is 15.1. The highest BCUT2D eigenvalue weighted by atomic mass is 79.9. The lowest BCUT2D eigenvalue weighted by Gasteiger charge is -2.00. The molecule has 0 aliphatic carbocycles. The number of nitro benzene ring substituents is 1. The van der Waals surface area contributed by atoms with Crippen LogP contribution in [-0.2, 0) is 0 Å². The average molecular weight is 369 g/mol. The third kappa shape index (κ3) is 3.86. The van der Waals surface area contributed by atoms with Crippen LogP contribution in [0.5, 0.6) is 0 Å². The van der Waals surface area contributed by atoms with E-state index < -0.39 is 4.92 Å². The molecule has 108 valence electrons. The predicted molar refractivity (Wildman–Crippen MR) is 86.0 cm³/mol. The average Bonchev–Trinajstić information content (AvgIpc) is 2.86. The minimum absolute atomic E-state index is 0.0292. The summed E-state index contributed by atoms with van der Waals surface area (Å²) < 4.78 is 6.11. The van der Waals surface area contributed by atoms with E-state index in [0.717, 1.165) is 0 Å². The molecule has 1 aromatic heterocycles. The Hall–Kier alpha value is -2.26. The number of nitrogens with zero attached hydrogens (tertiary/aromatic N) is 2. The summed E-state index contributed by atoms with van der Waals surface area (Å²) in [6, 6.07) is 7.98. The van der Waals surface area contributed by atoms with Crippen LogP contribution < -0.4 is 11.2 Å². The van der Waals surface area contributed by atoms with E-state index >= 15 is 0 Å². The van der Waals surface area contributed by atoms with Gasteiger partial charge in [-0.3, -0.25) is 15.5 Å². The number of halogens is 1. The summed E-state index contributed by atoms with van der Waals surface area (Å²) in [5.74, 6) is 0.775. The number of nitrogens with one attached hydrogen (secondary N) is 1. The highest BCUT2D eigenvalue weighted by molar-refractivity contribution is 9.10. The number of thiocarbonyl (C=S) groups is 1. The molecule has 1 heterocycles. The second-order valence-electron chi connectivity index (χ2n) is 3.85. The van der Waals surface area contributed by atoms with Crippen LogP contribution in [0.25, 0.3) is 11.3 Å². The van der Waals surface area contributed by atoms with E-state index in [2.05, 4.69) is 38.7 Å². The van der Waals surface area contributed by atoms with Crippen LogP contribution in [0.3, 0.4) is 0 Å². The second kappa shape index (κ2) is 6.46. The lowest BCUT2D eigenvalue weighted by atomic mass is 10.1. The Morgan fingerprint density at radius 3 is 2.90 bits per heavy atom. The van der Waals surface area contributed by atoms with Crippen LogP contribution in [0, 0.1) is 10.1 Å². The fraction of sp³-hybridized carbons (Fsp3) is 0. The van der Waals surface area contributed by atoms with Crippen LogP contribution >= 0.6 is 28.1 Å². The molecule has 0 saturated heterocycles. The van der Waals surface area contributed by atoms with Crippen molar-refractivity contribution >= 4 is 45.2 Å². The summed E-state index contributed by atoms with van der Waals surface area (Å²) in [6.45, 7) is 0. The van der Waals surface area contributed by atoms with Gasteiger partial charge in [-0.25, -0.2) is 0 Å². The summed E-state index contributed by atoms with van der Waals surface area (Å²) in [6.07, 6.45) is 1.37. The molecule has 0 saturated carbocycles. The maximum atomic E-state index is 11.1. The van der Waals surface area contributed by atoms with Gasteiger partial charge in [0.1, 0.15) is 11.5 Å². The van der Waals surface area contributed by atoms with Gasteiger partial charge < -0.3 is 10.2 Å². The fourth-order valence-electron chi connectivity index (χ4n) is 1.59. The molecule has 0 aliphatic rings. The van der Waals surface area contributed by atoms with Gasteiger partial charge in [-0.05, 0) is 36.5 Å². The lowest BCUT2D eigenvalue weighted by molar-refractivity contribution is -0.384. The van der Waals surface area contributed by atoms with Gasteiger partial charge in [0.15, 0.2) is 5.11 Å². The van der Waals surface area contributed by atoms with Gasteiger partial charge in [-0.2, -0.15) is 5.10 Å². The highest BCUT2D eigenvalue weighted by Crippen LogP contribution is 2.33. The molecule has 0 spiro atoms. The van der Waals surface area contributed by atoms with Gasteiger partial charge >= 0.3 is 0 Å². The zero-order valence-electron chi connectivity index (χ0n) is 10.4. The molecule has 21 heavy (non-hydrogen) atoms. The Labute approximate surface area is 133 Å². The molecule has 0 atom stereocenters. The number of hydrogen-bond acceptors (Lipinski definition) is 5. The quantitative estimate of drug-likeness (QED) is 0.372. The molecule has 1 aromatic carbocycles. The van der Waals surface area contributed by atoms with Crippen LogP contribution in [0.15, 0.2) is 44.3 Å². The smallest absolute Gasteiger partial charge is 0.281 e. The van der Waals surface area contributed by atoms with Gasteiger partial charge in [0, 0.05) is 10.5 Å². The molecule has 9 heteroatoms. The molecular formula is C12H9BrN4O3S. The third-order valence-electron chi connectivity index (χ3n) is 2.42. The Balaban J connectivity index is 2.31. The monoisotopic (exact) mass is 368 g/mol. The van der Waals surface area contributed by atoms with Gasteiger partial charge in [0.05, 0.1) is 16.7 Å². The topological polar surface area (TPSA) is 107 Å². The van der Waals surface area contributed by atoms with Crippen molar-refractivity contribution in [1.29, 1.82) is 0 Å². The molecule has 0 amide bonds. The van der Waals surface area contributed by atoms with Gasteiger partial charge in [0.25, 0.3) is 5.69 Å². The van der Waals surface area contributed by atoms with Gasteiger partial charge in [0.2, 0.25) is 0 Å². The van der Waals surface area contributed by atoms with Crippen molar-refractivity contribution in [3.63, 3.8) is 0 Å². The number of hydrogen-bond donors (Lipinski definition) is 2. The Kier molecular flexibility index (Phi) is 4.66. The van der Waals surface area contributed by atoms with E-state index in [9.17, 15) is 10.1 Å². The Morgan fingerprint density at radius 2 is 2.24 bits per heavy atom. The molecule has 0 aliphatic heterocycles.